The molecule has 0 atom stereocenters. The molecule has 2 aromatic carbocycles. The number of carbonyl (C=O) groups is 1. The van der Waals surface area contributed by atoms with Crippen LogP contribution in [0.2, 0.25) is 0 Å². The molecule has 1 aliphatic carbocycles. The van der Waals surface area contributed by atoms with Crippen LogP contribution in [0.1, 0.15) is 40.0 Å². The molecule has 0 saturated carbocycles. The minimum Gasteiger partial charge on any atom is -0.465 e. The van der Waals surface area contributed by atoms with Crippen molar-refractivity contribution in [2.24, 2.45) is 0 Å². The largest absolute Gasteiger partial charge is 0.465 e. The number of methoxy groups -OCH3 is 1. The van der Waals surface area contributed by atoms with Gasteiger partial charge in [-0.25, -0.2) is 9.78 Å². The van der Waals surface area contributed by atoms with Crippen LogP contribution < -0.4 is 9.47 Å². The van der Waals surface area contributed by atoms with Gasteiger partial charge in [0.15, 0.2) is 11.5 Å². The van der Waals surface area contributed by atoms with E-state index in [4.69, 9.17) is 19.2 Å². The zero-order chi connectivity index (χ0) is 19.1. The van der Waals surface area contributed by atoms with Gasteiger partial charge in [0, 0.05) is 5.39 Å². The van der Waals surface area contributed by atoms with Crippen molar-refractivity contribution in [3.63, 3.8) is 0 Å². The molecule has 5 nitrogen and oxygen atoms in total. The normalized spacial score (nSPS) is 16.2. The molecule has 1 aromatic heterocycles. The quantitative estimate of drug-likeness (QED) is 0.613. The monoisotopic (exact) mass is 373 g/mol. The smallest absolute Gasteiger partial charge is 0.338 e. The summed E-state index contributed by atoms with van der Waals surface area (Å²) in [5.41, 5.74) is 5.46. The van der Waals surface area contributed by atoms with E-state index in [0.717, 1.165) is 64.1 Å². The predicted octanol–water partition coefficient (Wildman–Crippen LogP) is 4.63. The van der Waals surface area contributed by atoms with Crippen LogP contribution in [0.25, 0.3) is 22.6 Å². The van der Waals surface area contributed by atoms with Gasteiger partial charge < -0.3 is 14.2 Å². The zero-order valence-electron chi connectivity index (χ0n) is 15.5. The van der Waals surface area contributed by atoms with Gasteiger partial charge in [0.1, 0.15) is 0 Å². The number of para-hydroxylation sites is 1. The van der Waals surface area contributed by atoms with Crippen molar-refractivity contribution < 1.29 is 19.0 Å². The van der Waals surface area contributed by atoms with Crippen LogP contribution in [-0.2, 0) is 11.2 Å². The Labute approximate surface area is 162 Å². The topological polar surface area (TPSA) is 57.7 Å². The van der Waals surface area contributed by atoms with Gasteiger partial charge >= 0.3 is 5.97 Å². The number of rotatable bonds is 2. The maximum atomic E-state index is 12.6. The predicted molar refractivity (Wildman–Crippen MR) is 106 cm³/mol. The highest BCUT2D eigenvalue weighted by atomic mass is 16.7. The average molecular weight is 373 g/mol. The number of hydrogen-bond donors (Lipinski definition) is 0. The molecule has 0 spiro atoms. The Kier molecular flexibility index (Phi) is 4.01. The zero-order valence-corrected chi connectivity index (χ0v) is 15.5. The molecule has 0 fully saturated rings. The molecule has 2 aliphatic rings. The first-order valence-corrected chi connectivity index (χ1v) is 9.35. The summed E-state index contributed by atoms with van der Waals surface area (Å²) in [5.74, 6) is 1.22. The molecule has 3 aromatic rings. The van der Waals surface area contributed by atoms with Crippen molar-refractivity contribution in [2.45, 2.75) is 19.3 Å². The molecule has 140 valence electrons. The number of pyridine rings is 1. The van der Waals surface area contributed by atoms with Crippen molar-refractivity contribution in [3.05, 3.63) is 64.8 Å². The van der Waals surface area contributed by atoms with Gasteiger partial charge in [-0.15, -0.1) is 0 Å². The van der Waals surface area contributed by atoms with E-state index in [1.54, 1.807) is 0 Å². The van der Waals surface area contributed by atoms with E-state index < -0.39 is 0 Å². The molecule has 0 saturated heterocycles. The lowest BCUT2D eigenvalue weighted by Crippen LogP contribution is -2.14. The first-order chi connectivity index (χ1) is 13.7. The van der Waals surface area contributed by atoms with Gasteiger partial charge in [-0.2, -0.15) is 0 Å². The third kappa shape index (κ3) is 2.71. The Balaban J connectivity index is 1.69. The Morgan fingerprint density at radius 3 is 2.86 bits per heavy atom. The minimum absolute atomic E-state index is 0.258. The first-order valence-electron chi connectivity index (χ1n) is 9.35. The Hall–Kier alpha value is -3.34. The average Bonchev–Trinajstić information content (AvgIpc) is 3.20. The van der Waals surface area contributed by atoms with E-state index in [9.17, 15) is 4.79 Å². The summed E-state index contributed by atoms with van der Waals surface area (Å²) in [6.45, 7) is 0.258. The third-order valence-corrected chi connectivity index (χ3v) is 5.30. The summed E-state index contributed by atoms with van der Waals surface area (Å²) in [4.78, 5) is 17.5. The Morgan fingerprint density at radius 2 is 1.96 bits per heavy atom. The highest BCUT2D eigenvalue weighted by Crippen LogP contribution is 2.38. The fourth-order valence-corrected chi connectivity index (χ4v) is 4.01. The van der Waals surface area contributed by atoms with Crippen LogP contribution in [0.15, 0.2) is 42.5 Å². The molecule has 0 unspecified atom stereocenters. The number of benzene rings is 2. The number of nitrogens with zero attached hydrogens (tertiary/aromatic N) is 1. The standard InChI is InChI=1S/C23H19NO4/c1-26-23(25)21-16-6-2-3-8-18(16)24-22-15(5-4-7-17(21)22)11-14-9-10-19-20(12-14)28-13-27-19/h2-3,6,8-12H,4-5,7,13H2,1H3/b15-11-. The maximum absolute atomic E-state index is 12.6. The summed E-state index contributed by atoms with van der Waals surface area (Å²) in [6, 6.07) is 13.6. The van der Waals surface area contributed by atoms with Crippen molar-refractivity contribution in [3.8, 4) is 11.5 Å². The molecule has 0 N–H and O–H groups in total. The number of ether oxygens (including phenoxy) is 3. The fourth-order valence-electron chi connectivity index (χ4n) is 4.01. The molecule has 0 bridgehead atoms. The number of fused-ring (bicyclic) bond motifs is 3. The fraction of sp³-hybridized carbons (Fsp3) is 0.217. The van der Waals surface area contributed by atoms with Crippen LogP contribution in [0.3, 0.4) is 0 Å². The van der Waals surface area contributed by atoms with Crippen LogP contribution in [0.4, 0.5) is 0 Å². The van der Waals surface area contributed by atoms with Crippen LogP contribution in [-0.4, -0.2) is 24.9 Å². The van der Waals surface area contributed by atoms with Crippen molar-refractivity contribution >= 4 is 28.5 Å². The number of hydrogen-bond acceptors (Lipinski definition) is 5. The molecule has 28 heavy (non-hydrogen) atoms. The van der Waals surface area contributed by atoms with Crippen molar-refractivity contribution in [1.29, 1.82) is 0 Å². The third-order valence-electron chi connectivity index (χ3n) is 5.30. The minimum atomic E-state index is -0.306. The molecule has 2 heterocycles. The number of esters is 1. The van der Waals surface area contributed by atoms with Gasteiger partial charge in [-0.3, -0.25) is 0 Å². The number of aromatic nitrogens is 1. The van der Waals surface area contributed by atoms with Gasteiger partial charge in [0.2, 0.25) is 6.79 Å². The van der Waals surface area contributed by atoms with Crippen LogP contribution >= 0.6 is 0 Å². The number of allylic oxidation sites excluding steroid dienone is 1. The summed E-state index contributed by atoms with van der Waals surface area (Å²) in [7, 11) is 1.43. The molecule has 1 aliphatic heterocycles. The molecule has 5 heteroatoms. The number of carbonyl (C=O) groups excluding carboxylic acids is 1. The van der Waals surface area contributed by atoms with Crippen molar-refractivity contribution in [2.75, 3.05) is 13.9 Å². The summed E-state index contributed by atoms with van der Waals surface area (Å²) >= 11 is 0. The van der Waals surface area contributed by atoms with E-state index in [-0.39, 0.29) is 12.8 Å². The van der Waals surface area contributed by atoms with Crippen molar-refractivity contribution in [1.82, 2.24) is 4.98 Å². The van der Waals surface area contributed by atoms with Gasteiger partial charge in [-0.05, 0) is 60.2 Å². The summed E-state index contributed by atoms with van der Waals surface area (Å²) < 4.78 is 16.0. The van der Waals surface area contributed by atoms with E-state index in [1.807, 2.05) is 42.5 Å². The highest BCUT2D eigenvalue weighted by molar-refractivity contribution is 6.06. The maximum Gasteiger partial charge on any atom is 0.338 e. The molecule has 0 radical (unpaired) electrons. The molecular weight excluding hydrogens is 354 g/mol. The lowest BCUT2D eigenvalue weighted by atomic mass is 9.86. The second kappa shape index (κ2) is 6.68. The second-order valence-corrected chi connectivity index (χ2v) is 6.96. The highest BCUT2D eigenvalue weighted by Gasteiger charge is 2.25. The lowest BCUT2D eigenvalue weighted by Gasteiger charge is -2.22. The summed E-state index contributed by atoms with van der Waals surface area (Å²) in [6.07, 6.45) is 4.82. The molecular formula is C23H19NO4. The lowest BCUT2D eigenvalue weighted by molar-refractivity contribution is 0.0601. The Bertz CT molecular complexity index is 1130. The molecule has 5 rings (SSSR count). The van der Waals surface area contributed by atoms with Gasteiger partial charge in [0.05, 0.1) is 23.9 Å². The SMILES string of the molecule is COC(=O)c1c2c(nc3ccccc13)/C(=C\c1ccc3c(c1)OCO3)CCC2. The van der Waals surface area contributed by atoms with Crippen LogP contribution in [0, 0.1) is 0 Å². The van der Waals surface area contributed by atoms with Gasteiger partial charge in [-0.1, -0.05) is 24.3 Å². The van der Waals surface area contributed by atoms with Gasteiger partial charge in [0.25, 0.3) is 0 Å². The Morgan fingerprint density at radius 1 is 1.11 bits per heavy atom. The summed E-state index contributed by atoms with van der Waals surface area (Å²) in [5, 5.41) is 0.845. The van der Waals surface area contributed by atoms with E-state index in [0.29, 0.717) is 5.56 Å². The van der Waals surface area contributed by atoms with E-state index >= 15 is 0 Å². The van der Waals surface area contributed by atoms with E-state index in [2.05, 4.69) is 6.08 Å². The second-order valence-electron chi connectivity index (χ2n) is 6.96. The first kappa shape index (κ1) is 16.8. The van der Waals surface area contributed by atoms with E-state index in [1.165, 1.54) is 7.11 Å². The van der Waals surface area contributed by atoms with Crippen LogP contribution in [0.5, 0.6) is 11.5 Å². The molecule has 0 amide bonds.